The Morgan fingerprint density at radius 1 is 1.25 bits per heavy atom. The zero-order chi connectivity index (χ0) is 17.5. The van der Waals surface area contributed by atoms with E-state index in [1.165, 1.54) is 6.26 Å². The van der Waals surface area contributed by atoms with Crippen molar-refractivity contribution in [2.45, 2.75) is 19.4 Å². The average Bonchev–Trinajstić information content (AvgIpc) is 3.15. The zero-order valence-electron chi connectivity index (χ0n) is 14.1. The van der Waals surface area contributed by atoms with E-state index in [1.54, 1.807) is 31.2 Å². The highest BCUT2D eigenvalue weighted by Gasteiger charge is 2.17. The Hall–Kier alpha value is -2.76. The van der Waals surface area contributed by atoms with Crippen LogP contribution in [-0.2, 0) is 4.79 Å². The van der Waals surface area contributed by atoms with Crippen molar-refractivity contribution in [3.63, 3.8) is 0 Å². The summed E-state index contributed by atoms with van der Waals surface area (Å²) in [7, 11) is 3.37. The molecule has 1 atom stereocenters. The van der Waals surface area contributed by atoms with Gasteiger partial charge in [-0.1, -0.05) is 12.1 Å². The molecule has 1 unspecified atom stereocenters. The van der Waals surface area contributed by atoms with E-state index < -0.39 is 0 Å². The molecule has 0 saturated carbocycles. The first-order valence-electron chi connectivity index (χ1n) is 7.74. The quantitative estimate of drug-likeness (QED) is 0.847. The van der Waals surface area contributed by atoms with E-state index in [9.17, 15) is 9.59 Å². The fourth-order valence-electron chi connectivity index (χ4n) is 2.28. The van der Waals surface area contributed by atoms with Gasteiger partial charge in [-0.05, 0) is 36.8 Å². The number of nitrogens with one attached hydrogen (secondary N) is 1. The van der Waals surface area contributed by atoms with Gasteiger partial charge in [0.05, 0.1) is 19.4 Å². The van der Waals surface area contributed by atoms with Gasteiger partial charge < -0.3 is 19.4 Å². The summed E-state index contributed by atoms with van der Waals surface area (Å²) in [4.78, 5) is 25.7. The minimum Gasteiger partial charge on any atom is -0.497 e. The predicted molar refractivity (Wildman–Crippen MR) is 89.8 cm³/mol. The van der Waals surface area contributed by atoms with Gasteiger partial charge >= 0.3 is 0 Å². The summed E-state index contributed by atoms with van der Waals surface area (Å²) >= 11 is 0. The molecule has 2 amide bonds. The number of carbonyl (C=O) groups excluding carboxylic acids is 2. The van der Waals surface area contributed by atoms with Crippen LogP contribution in [0.25, 0.3) is 0 Å². The van der Waals surface area contributed by atoms with Gasteiger partial charge in [-0.3, -0.25) is 9.59 Å². The molecule has 1 aromatic heterocycles. The fraction of sp³-hybridized carbons (Fsp3) is 0.333. The van der Waals surface area contributed by atoms with Crippen LogP contribution in [0, 0.1) is 0 Å². The lowest BCUT2D eigenvalue weighted by Crippen LogP contribution is -2.33. The molecule has 6 nitrogen and oxygen atoms in total. The molecule has 2 rings (SSSR count). The highest BCUT2D eigenvalue weighted by Crippen LogP contribution is 2.22. The van der Waals surface area contributed by atoms with Gasteiger partial charge in [0.2, 0.25) is 5.91 Å². The lowest BCUT2D eigenvalue weighted by Gasteiger charge is -2.25. The van der Waals surface area contributed by atoms with Gasteiger partial charge in [0.1, 0.15) is 5.75 Å². The van der Waals surface area contributed by atoms with Crippen LogP contribution in [0.15, 0.2) is 47.1 Å². The summed E-state index contributed by atoms with van der Waals surface area (Å²) in [5, 5.41) is 2.67. The predicted octanol–water partition coefficient (Wildman–Crippen LogP) is 2.63. The summed E-state index contributed by atoms with van der Waals surface area (Å²) < 4.78 is 10.1. The lowest BCUT2D eigenvalue weighted by atomic mass is 10.1. The van der Waals surface area contributed by atoms with Gasteiger partial charge in [-0.15, -0.1) is 0 Å². The van der Waals surface area contributed by atoms with Gasteiger partial charge in [-0.25, -0.2) is 0 Å². The number of carbonyl (C=O) groups is 2. The normalized spacial score (nSPS) is 11.6. The van der Waals surface area contributed by atoms with Crippen molar-refractivity contribution in [1.82, 2.24) is 10.2 Å². The number of furan rings is 1. The van der Waals surface area contributed by atoms with E-state index in [0.717, 1.165) is 11.3 Å². The standard InChI is InChI=1S/C18H22N2O4/c1-13(14-6-8-15(23-3)9-7-14)20(2)17(21)10-11-19-18(22)16-5-4-12-24-16/h4-9,12-13H,10-11H2,1-3H3,(H,19,22). The molecule has 0 aliphatic carbocycles. The smallest absolute Gasteiger partial charge is 0.286 e. The molecule has 0 radical (unpaired) electrons. The van der Waals surface area contributed by atoms with Crippen LogP contribution in [-0.4, -0.2) is 37.4 Å². The highest BCUT2D eigenvalue weighted by molar-refractivity contribution is 5.91. The summed E-state index contributed by atoms with van der Waals surface area (Å²) in [5.41, 5.74) is 1.02. The number of methoxy groups -OCH3 is 1. The van der Waals surface area contributed by atoms with Crippen LogP contribution < -0.4 is 10.1 Å². The van der Waals surface area contributed by atoms with E-state index in [-0.39, 0.29) is 36.6 Å². The second kappa shape index (κ2) is 8.19. The molecule has 2 aromatic rings. The van der Waals surface area contributed by atoms with Gasteiger partial charge in [0.25, 0.3) is 5.91 Å². The van der Waals surface area contributed by atoms with Crippen molar-refractivity contribution < 1.29 is 18.7 Å². The van der Waals surface area contributed by atoms with Gasteiger partial charge in [-0.2, -0.15) is 0 Å². The number of hydrogen-bond donors (Lipinski definition) is 1. The van der Waals surface area contributed by atoms with E-state index >= 15 is 0 Å². The van der Waals surface area contributed by atoms with E-state index in [4.69, 9.17) is 9.15 Å². The minimum absolute atomic E-state index is 0.0435. The van der Waals surface area contributed by atoms with Gasteiger partial charge in [0, 0.05) is 20.0 Å². The van der Waals surface area contributed by atoms with Crippen LogP contribution in [0.1, 0.15) is 35.5 Å². The van der Waals surface area contributed by atoms with Crippen LogP contribution >= 0.6 is 0 Å². The molecular weight excluding hydrogens is 308 g/mol. The first-order chi connectivity index (χ1) is 11.5. The molecule has 1 aromatic carbocycles. The van der Waals surface area contributed by atoms with Crippen LogP contribution in [0.5, 0.6) is 5.75 Å². The number of rotatable bonds is 7. The van der Waals surface area contributed by atoms with Crippen molar-refractivity contribution in [3.8, 4) is 5.75 Å². The number of amides is 2. The molecule has 6 heteroatoms. The minimum atomic E-state index is -0.321. The van der Waals surface area contributed by atoms with E-state index in [1.807, 2.05) is 31.2 Å². The topological polar surface area (TPSA) is 71.8 Å². The molecule has 0 aliphatic rings. The van der Waals surface area contributed by atoms with E-state index in [0.29, 0.717) is 0 Å². The van der Waals surface area contributed by atoms with Crippen molar-refractivity contribution in [2.24, 2.45) is 0 Å². The summed E-state index contributed by atoms with van der Waals surface area (Å²) in [6.45, 7) is 2.22. The third-order valence-electron chi connectivity index (χ3n) is 3.94. The molecule has 0 fully saturated rings. The molecule has 0 saturated heterocycles. The number of ether oxygens (including phenoxy) is 1. The molecule has 0 spiro atoms. The Bertz CT molecular complexity index is 665. The lowest BCUT2D eigenvalue weighted by molar-refractivity contribution is -0.131. The molecule has 1 N–H and O–H groups in total. The number of hydrogen-bond acceptors (Lipinski definition) is 4. The Balaban J connectivity index is 1.83. The summed E-state index contributed by atoms with van der Waals surface area (Å²) in [6.07, 6.45) is 1.66. The third-order valence-corrected chi connectivity index (χ3v) is 3.94. The molecular formula is C18H22N2O4. The SMILES string of the molecule is COc1ccc(C(C)N(C)C(=O)CCNC(=O)c2ccco2)cc1. The molecule has 1 heterocycles. The molecule has 0 aliphatic heterocycles. The maximum Gasteiger partial charge on any atom is 0.286 e. The summed E-state index contributed by atoms with van der Waals surface area (Å²) in [5.74, 6) is 0.652. The maximum atomic E-state index is 12.3. The fourth-order valence-corrected chi connectivity index (χ4v) is 2.28. The Morgan fingerprint density at radius 2 is 1.96 bits per heavy atom. The van der Waals surface area contributed by atoms with E-state index in [2.05, 4.69) is 5.32 Å². The second-order valence-electron chi connectivity index (χ2n) is 5.44. The average molecular weight is 330 g/mol. The Labute approximate surface area is 141 Å². The van der Waals surface area contributed by atoms with Crippen molar-refractivity contribution in [3.05, 3.63) is 54.0 Å². The van der Waals surface area contributed by atoms with Crippen molar-refractivity contribution >= 4 is 11.8 Å². The monoisotopic (exact) mass is 330 g/mol. The van der Waals surface area contributed by atoms with Crippen molar-refractivity contribution in [2.75, 3.05) is 20.7 Å². The third kappa shape index (κ3) is 4.38. The molecule has 0 bridgehead atoms. The second-order valence-corrected chi connectivity index (χ2v) is 5.44. The highest BCUT2D eigenvalue weighted by atomic mass is 16.5. The van der Waals surface area contributed by atoms with Crippen LogP contribution in [0.2, 0.25) is 0 Å². The first kappa shape index (κ1) is 17.6. The van der Waals surface area contributed by atoms with Gasteiger partial charge in [0.15, 0.2) is 5.76 Å². The summed E-state index contributed by atoms with van der Waals surface area (Å²) in [6, 6.07) is 10.8. The maximum absolute atomic E-state index is 12.3. The molecule has 128 valence electrons. The largest absolute Gasteiger partial charge is 0.497 e. The Kier molecular flexibility index (Phi) is 6.01. The molecule has 24 heavy (non-hydrogen) atoms. The Morgan fingerprint density at radius 3 is 2.54 bits per heavy atom. The number of benzene rings is 1. The first-order valence-corrected chi connectivity index (χ1v) is 7.74. The van der Waals surface area contributed by atoms with Crippen LogP contribution in [0.3, 0.4) is 0 Å². The van der Waals surface area contributed by atoms with Crippen LogP contribution in [0.4, 0.5) is 0 Å². The zero-order valence-corrected chi connectivity index (χ0v) is 14.1. The number of nitrogens with zero attached hydrogens (tertiary/aromatic N) is 1. The van der Waals surface area contributed by atoms with Crippen molar-refractivity contribution in [1.29, 1.82) is 0 Å².